The number of fused-ring (bicyclic) bond motifs is 6. The van der Waals surface area contributed by atoms with Gasteiger partial charge in [-0.3, -0.25) is 0 Å². The molecule has 3 nitrogen and oxygen atoms in total. The van der Waals surface area contributed by atoms with Crippen molar-refractivity contribution in [3.05, 3.63) is 271 Å². The van der Waals surface area contributed by atoms with Crippen molar-refractivity contribution in [2.75, 3.05) is 4.90 Å². The van der Waals surface area contributed by atoms with Gasteiger partial charge in [0, 0.05) is 44.7 Å². The Hall–Kier alpha value is -8.66. The Morgan fingerprint density at radius 3 is 1.91 bits per heavy atom. The zero-order valence-corrected chi connectivity index (χ0v) is 37.1. The van der Waals surface area contributed by atoms with Gasteiger partial charge in [-0.2, -0.15) is 0 Å². The van der Waals surface area contributed by atoms with E-state index in [1.807, 2.05) is 0 Å². The van der Waals surface area contributed by atoms with E-state index in [1.54, 1.807) is 0 Å². The quantitative estimate of drug-likeness (QED) is 0.112. The smallest absolute Gasteiger partial charge is 0.149 e. The Morgan fingerprint density at radius 1 is 0.426 bits per heavy atom. The van der Waals surface area contributed by atoms with Crippen molar-refractivity contribution in [1.82, 2.24) is 0 Å². The van der Waals surface area contributed by atoms with Crippen LogP contribution in [0.1, 0.15) is 34.1 Å². The average molecular weight is 870 g/mol. The number of benzene rings is 11. The van der Waals surface area contributed by atoms with Gasteiger partial charge in [-0.1, -0.05) is 212 Å². The summed E-state index contributed by atoms with van der Waals surface area (Å²) in [4.78, 5) is 2.49. The molecular weight excluding hydrogens is 827 g/mol. The summed E-state index contributed by atoms with van der Waals surface area (Å²) in [5.41, 5.74) is 14.7. The second-order valence-electron chi connectivity index (χ2n) is 18.2. The van der Waals surface area contributed by atoms with Crippen LogP contribution in [-0.2, 0) is 0 Å². The van der Waals surface area contributed by atoms with Gasteiger partial charge in [0.15, 0.2) is 0 Å². The Bertz CT molecular complexity index is 3970. The second kappa shape index (κ2) is 15.5. The molecule has 12 aromatic rings. The van der Waals surface area contributed by atoms with Gasteiger partial charge < -0.3 is 14.1 Å². The van der Waals surface area contributed by atoms with Crippen molar-refractivity contribution in [3.8, 4) is 28.0 Å². The molecule has 2 aliphatic rings. The van der Waals surface area contributed by atoms with Crippen LogP contribution >= 0.6 is 0 Å². The predicted molar refractivity (Wildman–Crippen MR) is 282 cm³/mol. The first kappa shape index (κ1) is 38.6. The fourth-order valence-corrected chi connectivity index (χ4v) is 11.6. The molecule has 0 saturated heterocycles. The third-order valence-electron chi connectivity index (χ3n) is 14.6. The molecule has 0 saturated carbocycles. The molecule has 0 bridgehead atoms. The van der Waals surface area contributed by atoms with Crippen LogP contribution in [0.4, 0.5) is 11.4 Å². The van der Waals surface area contributed by atoms with Gasteiger partial charge in [-0.25, -0.2) is 0 Å². The third kappa shape index (κ3) is 5.92. The Morgan fingerprint density at radius 2 is 1.06 bits per heavy atom. The van der Waals surface area contributed by atoms with Gasteiger partial charge in [0.25, 0.3) is 0 Å². The minimum Gasteiger partial charge on any atom is -0.483 e. The molecule has 11 aromatic carbocycles. The molecule has 1 aliphatic heterocycles. The monoisotopic (exact) mass is 869 g/mol. The Kier molecular flexibility index (Phi) is 8.78. The van der Waals surface area contributed by atoms with Crippen LogP contribution in [0.2, 0.25) is 0 Å². The summed E-state index contributed by atoms with van der Waals surface area (Å²) in [6.07, 6.45) is 6.57. The lowest BCUT2D eigenvalue weighted by Gasteiger charge is -2.36. The lowest BCUT2D eigenvalue weighted by atomic mass is 9.78. The predicted octanol–water partition coefficient (Wildman–Crippen LogP) is 17.1. The fraction of sp³-hybridized carbons (Fsp3) is 0.0462. The first-order chi connectivity index (χ1) is 33.8. The van der Waals surface area contributed by atoms with Gasteiger partial charge >= 0.3 is 0 Å². The van der Waals surface area contributed by atoms with E-state index in [-0.39, 0.29) is 17.9 Å². The number of hydrogen-bond acceptors (Lipinski definition) is 3. The lowest BCUT2D eigenvalue weighted by Crippen LogP contribution is -2.33. The normalized spacial score (nSPS) is 15.7. The van der Waals surface area contributed by atoms with Crippen LogP contribution in [0.25, 0.3) is 76.5 Å². The molecule has 3 atom stereocenters. The third-order valence-corrected chi connectivity index (χ3v) is 14.6. The average Bonchev–Trinajstić information content (AvgIpc) is 3.99. The van der Waals surface area contributed by atoms with E-state index in [2.05, 4.69) is 248 Å². The number of ether oxygens (including phenoxy) is 1. The van der Waals surface area contributed by atoms with Gasteiger partial charge in [0.1, 0.15) is 23.0 Å². The highest BCUT2D eigenvalue weighted by Gasteiger charge is 2.40. The van der Waals surface area contributed by atoms with Crippen molar-refractivity contribution < 1.29 is 9.15 Å². The van der Waals surface area contributed by atoms with Crippen LogP contribution in [0, 0.1) is 0 Å². The molecule has 0 fully saturated rings. The van der Waals surface area contributed by atoms with Gasteiger partial charge in [-0.05, 0) is 85.1 Å². The molecule has 1 aromatic heterocycles. The molecule has 2 heterocycles. The fourth-order valence-electron chi connectivity index (χ4n) is 11.6. The van der Waals surface area contributed by atoms with Crippen LogP contribution in [0.5, 0.6) is 5.75 Å². The summed E-state index contributed by atoms with van der Waals surface area (Å²) in [5.74, 6) is 0.874. The van der Waals surface area contributed by atoms with Crippen molar-refractivity contribution in [1.29, 1.82) is 0 Å². The second-order valence-corrected chi connectivity index (χ2v) is 18.2. The number of hydrogen-bond donors (Lipinski definition) is 0. The molecule has 0 spiro atoms. The maximum absolute atomic E-state index is 6.97. The van der Waals surface area contributed by atoms with Gasteiger partial charge in [0.05, 0.1) is 17.1 Å². The van der Waals surface area contributed by atoms with Gasteiger partial charge in [-0.15, -0.1) is 0 Å². The number of nitrogens with zero attached hydrogens (tertiary/aromatic N) is 1. The topological polar surface area (TPSA) is 25.6 Å². The molecule has 1 aliphatic carbocycles. The number of rotatable bonds is 8. The molecule has 3 heteroatoms. The first-order valence-electron chi connectivity index (χ1n) is 23.6. The van der Waals surface area contributed by atoms with Crippen molar-refractivity contribution in [3.63, 3.8) is 0 Å². The van der Waals surface area contributed by atoms with E-state index in [9.17, 15) is 0 Å². The maximum Gasteiger partial charge on any atom is 0.149 e. The molecule has 0 amide bonds. The largest absolute Gasteiger partial charge is 0.483 e. The number of allylic oxidation sites excluding steroid dienone is 2. The van der Waals surface area contributed by atoms with Crippen LogP contribution < -0.4 is 9.64 Å². The van der Waals surface area contributed by atoms with Crippen LogP contribution in [0.15, 0.2) is 253 Å². The standard InChI is InChI=1S/C65H43NO2/c1-3-17-41(18-4-1)45-21-7-8-25-49(45)63(55-28-15-26-52-47-23-10-13-31-59(47)67-64(52)55)51-38-34-43-35-39-54-57(40-36-44-33-37-50(51)61(43)62(44)54)66(56-29-12-9-22-46(56)42-19-5-2-6-20-42)58-30-16-27-53-48-24-11-14-32-60(48)68-65(53)58/h1-40,53,63,65H. The number of anilines is 2. The van der Waals surface area contributed by atoms with E-state index in [1.165, 1.54) is 60.1 Å². The zero-order chi connectivity index (χ0) is 44.7. The molecule has 0 radical (unpaired) electrons. The Balaban J connectivity index is 1.03. The highest BCUT2D eigenvalue weighted by molar-refractivity contribution is 6.26. The van der Waals surface area contributed by atoms with Crippen LogP contribution in [-0.4, -0.2) is 6.10 Å². The number of para-hydroxylation sites is 4. The van der Waals surface area contributed by atoms with Crippen molar-refractivity contribution in [2.24, 2.45) is 0 Å². The SMILES string of the molecule is C1=CC2c3ccccc3OC2C(N(c2ccccc2-c2ccccc2)c2ccc3ccc4c(C(c5ccccc5-c5ccccc5)c5cccc6c5oc5ccccc56)ccc5ccc2c3c54)=C1. The van der Waals surface area contributed by atoms with E-state index in [0.717, 1.165) is 61.5 Å². The minimum atomic E-state index is -0.210. The highest BCUT2D eigenvalue weighted by atomic mass is 16.5. The number of furan rings is 1. The first-order valence-corrected chi connectivity index (χ1v) is 23.6. The summed E-state index contributed by atoms with van der Waals surface area (Å²) < 4.78 is 13.9. The lowest BCUT2D eigenvalue weighted by molar-refractivity contribution is 0.253. The van der Waals surface area contributed by atoms with E-state index in [4.69, 9.17) is 9.15 Å². The minimum absolute atomic E-state index is 0.0897. The zero-order valence-electron chi connectivity index (χ0n) is 37.1. The highest BCUT2D eigenvalue weighted by Crippen LogP contribution is 2.52. The summed E-state index contributed by atoms with van der Waals surface area (Å²) >= 11 is 0. The molecular formula is C65H43NO2. The van der Waals surface area contributed by atoms with Crippen LogP contribution in [0.3, 0.4) is 0 Å². The molecule has 0 N–H and O–H groups in total. The molecule has 3 unspecified atom stereocenters. The van der Waals surface area contributed by atoms with Crippen molar-refractivity contribution in [2.45, 2.75) is 17.9 Å². The molecule has 14 rings (SSSR count). The summed E-state index contributed by atoms with van der Waals surface area (Å²) in [6, 6.07) is 81.6. The van der Waals surface area contributed by atoms with Gasteiger partial charge in [0.2, 0.25) is 0 Å². The van der Waals surface area contributed by atoms with Crippen molar-refractivity contribution >= 4 is 65.6 Å². The maximum atomic E-state index is 6.97. The molecule has 320 valence electrons. The summed E-state index contributed by atoms with van der Waals surface area (Å²) in [6.45, 7) is 0. The van der Waals surface area contributed by atoms with E-state index >= 15 is 0 Å². The molecule has 68 heavy (non-hydrogen) atoms. The summed E-state index contributed by atoms with van der Waals surface area (Å²) in [5, 5.41) is 9.59. The Labute approximate surface area is 394 Å². The van der Waals surface area contributed by atoms with E-state index in [0.29, 0.717) is 0 Å². The van der Waals surface area contributed by atoms with E-state index < -0.39 is 0 Å². The summed E-state index contributed by atoms with van der Waals surface area (Å²) in [7, 11) is 0.